The third-order valence-corrected chi connectivity index (χ3v) is 3.66. The quantitative estimate of drug-likeness (QED) is 0.674. The molecule has 0 radical (unpaired) electrons. The van der Waals surface area contributed by atoms with Crippen LogP contribution in [0.4, 0.5) is 14.5 Å². The van der Waals surface area contributed by atoms with E-state index in [1.807, 2.05) is 12.1 Å². The van der Waals surface area contributed by atoms with Gasteiger partial charge in [0.15, 0.2) is 11.6 Å². The Morgan fingerprint density at radius 2 is 1.81 bits per heavy atom. The minimum Gasteiger partial charge on any atom is -0.396 e. The van der Waals surface area contributed by atoms with E-state index in [1.54, 1.807) is 12.1 Å². The molecule has 0 aliphatic carbocycles. The Hall–Kier alpha value is -2.23. The van der Waals surface area contributed by atoms with Gasteiger partial charge in [-0.3, -0.25) is 4.79 Å². The first kappa shape index (κ1) is 15.2. The Morgan fingerprint density at radius 1 is 1.19 bits per heavy atom. The van der Waals surface area contributed by atoms with Gasteiger partial charge in [-0.2, -0.15) is 0 Å². The second kappa shape index (κ2) is 6.04. The first-order chi connectivity index (χ1) is 9.93. The van der Waals surface area contributed by atoms with Crippen molar-refractivity contribution in [1.82, 2.24) is 0 Å². The molecular weight excluding hydrogens is 272 g/mol. The van der Waals surface area contributed by atoms with Crippen LogP contribution in [0, 0.1) is 11.6 Å². The number of nitrogen functional groups attached to an aromatic ring is 1. The molecule has 110 valence electrons. The zero-order valence-corrected chi connectivity index (χ0v) is 12.0. The number of halogens is 2. The maximum atomic E-state index is 13.9. The topological polar surface area (TPSA) is 43.1 Å². The van der Waals surface area contributed by atoms with Gasteiger partial charge in [0.1, 0.15) is 5.82 Å². The molecule has 1 unspecified atom stereocenters. The molecule has 0 spiro atoms. The first-order valence-electron chi connectivity index (χ1n) is 6.83. The summed E-state index contributed by atoms with van der Waals surface area (Å²) in [5.41, 5.74) is 6.06. The summed E-state index contributed by atoms with van der Waals surface area (Å²) >= 11 is 0. The molecule has 0 fully saturated rings. The maximum Gasteiger partial charge on any atom is 0.196 e. The highest BCUT2D eigenvalue weighted by Gasteiger charge is 2.18. The molecule has 2 N–H and O–H groups in total. The van der Waals surface area contributed by atoms with Crippen LogP contribution in [0.2, 0.25) is 0 Å². The summed E-state index contributed by atoms with van der Waals surface area (Å²) in [5, 5.41) is 0. The van der Waals surface area contributed by atoms with Crippen LogP contribution in [0.25, 0.3) is 0 Å². The van der Waals surface area contributed by atoms with Gasteiger partial charge in [-0.1, -0.05) is 38.1 Å². The third-order valence-electron chi connectivity index (χ3n) is 3.66. The van der Waals surface area contributed by atoms with Crippen LogP contribution in [0.3, 0.4) is 0 Å². The zero-order chi connectivity index (χ0) is 15.6. The SMILES string of the molecule is CCC(C)c1ccc(C(=O)c2cc(F)cc(N)c2F)cc1. The summed E-state index contributed by atoms with van der Waals surface area (Å²) in [4.78, 5) is 12.3. The second-order valence-corrected chi connectivity index (χ2v) is 5.12. The van der Waals surface area contributed by atoms with Crippen LogP contribution in [0.5, 0.6) is 0 Å². The molecule has 2 aromatic rings. The maximum absolute atomic E-state index is 13.9. The molecular formula is C17H17F2NO. The van der Waals surface area contributed by atoms with E-state index in [1.165, 1.54) is 0 Å². The van der Waals surface area contributed by atoms with Gasteiger partial charge >= 0.3 is 0 Å². The van der Waals surface area contributed by atoms with Crippen LogP contribution < -0.4 is 5.73 Å². The second-order valence-electron chi connectivity index (χ2n) is 5.12. The smallest absolute Gasteiger partial charge is 0.196 e. The van der Waals surface area contributed by atoms with Crippen molar-refractivity contribution in [2.45, 2.75) is 26.2 Å². The van der Waals surface area contributed by atoms with Crippen LogP contribution in [-0.2, 0) is 0 Å². The molecule has 1 atom stereocenters. The van der Waals surface area contributed by atoms with E-state index < -0.39 is 17.4 Å². The van der Waals surface area contributed by atoms with E-state index in [4.69, 9.17) is 5.73 Å². The molecule has 0 aliphatic rings. The van der Waals surface area contributed by atoms with Gasteiger partial charge in [0, 0.05) is 5.56 Å². The van der Waals surface area contributed by atoms with Gasteiger partial charge in [0.25, 0.3) is 0 Å². The average Bonchev–Trinajstić information content (AvgIpc) is 2.49. The van der Waals surface area contributed by atoms with Gasteiger partial charge in [0.05, 0.1) is 11.3 Å². The molecule has 0 saturated carbocycles. The van der Waals surface area contributed by atoms with Gasteiger partial charge in [0.2, 0.25) is 0 Å². The number of benzene rings is 2. The number of carbonyl (C=O) groups is 1. The Labute approximate surface area is 122 Å². The van der Waals surface area contributed by atoms with E-state index in [9.17, 15) is 13.6 Å². The Balaban J connectivity index is 2.37. The highest BCUT2D eigenvalue weighted by atomic mass is 19.1. The molecule has 0 saturated heterocycles. The number of hydrogen-bond donors (Lipinski definition) is 1. The summed E-state index contributed by atoms with van der Waals surface area (Å²) in [7, 11) is 0. The monoisotopic (exact) mass is 289 g/mol. The Bertz CT molecular complexity index is 665. The van der Waals surface area contributed by atoms with Gasteiger partial charge in [-0.15, -0.1) is 0 Å². The molecule has 0 aliphatic heterocycles. The lowest BCUT2D eigenvalue weighted by molar-refractivity contribution is 0.103. The highest BCUT2D eigenvalue weighted by molar-refractivity contribution is 6.09. The van der Waals surface area contributed by atoms with Crippen LogP contribution in [0.1, 0.15) is 47.7 Å². The van der Waals surface area contributed by atoms with E-state index in [-0.39, 0.29) is 11.3 Å². The summed E-state index contributed by atoms with van der Waals surface area (Å²) in [6.07, 6.45) is 0.988. The first-order valence-corrected chi connectivity index (χ1v) is 6.83. The molecule has 0 aromatic heterocycles. The van der Waals surface area contributed by atoms with E-state index in [2.05, 4.69) is 13.8 Å². The largest absolute Gasteiger partial charge is 0.396 e. The van der Waals surface area contributed by atoms with Crippen LogP contribution in [-0.4, -0.2) is 5.78 Å². The van der Waals surface area contributed by atoms with Crippen molar-refractivity contribution >= 4 is 11.5 Å². The van der Waals surface area contributed by atoms with Crippen LogP contribution in [0.15, 0.2) is 36.4 Å². The Kier molecular flexibility index (Phi) is 4.36. The lowest BCUT2D eigenvalue weighted by Gasteiger charge is -2.10. The average molecular weight is 289 g/mol. The number of ketones is 1. The van der Waals surface area contributed by atoms with Crippen molar-refractivity contribution in [1.29, 1.82) is 0 Å². The predicted molar refractivity (Wildman–Crippen MR) is 79.4 cm³/mol. The summed E-state index contributed by atoms with van der Waals surface area (Å²) in [6.45, 7) is 4.17. The summed E-state index contributed by atoms with van der Waals surface area (Å²) < 4.78 is 27.2. The fourth-order valence-electron chi connectivity index (χ4n) is 2.13. The molecule has 2 rings (SSSR count). The summed E-state index contributed by atoms with van der Waals surface area (Å²) in [5.74, 6) is -1.80. The van der Waals surface area contributed by atoms with E-state index in [0.29, 0.717) is 11.5 Å². The molecule has 4 heteroatoms. The normalized spacial score (nSPS) is 12.2. The number of hydrogen-bond acceptors (Lipinski definition) is 2. The molecule has 0 bridgehead atoms. The van der Waals surface area contributed by atoms with E-state index in [0.717, 1.165) is 24.1 Å². The Morgan fingerprint density at radius 3 is 2.38 bits per heavy atom. The number of carbonyl (C=O) groups excluding carboxylic acids is 1. The number of rotatable bonds is 4. The molecule has 2 aromatic carbocycles. The number of nitrogens with two attached hydrogens (primary N) is 1. The van der Waals surface area contributed by atoms with Gasteiger partial charge in [-0.25, -0.2) is 8.78 Å². The lowest BCUT2D eigenvalue weighted by Crippen LogP contribution is -2.08. The highest BCUT2D eigenvalue weighted by Crippen LogP contribution is 2.23. The van der Waals surface area contributed by atoms with Crippen LogP contribution >= 0.6 is 0 Å². The lowest BCUT2D eigenvalue weighted by atomic mass is 9.95. The fraction of sp³-hybridized carbons (Fsp3) is 0.235. The minimum absolute atomic E-state index is 0.311. The third kappa shape index (κ3) is 3.10. The molecule has 2 nitrogen and oxygen atoms in total. The zero-order valence-electron chi connectivity index (χ0n) is 12.0. The van der Waals surface area contributed by atoms with Crippen molar-refractivity contribution in [2.75, 3.05) is 5.73 Å². The minimum atomic E-state index is -0.882. The van der Waals surface area contributed by atoms with Crippen molar-refractivity contribution in [3.63, 3.8) is 0 Å². The van der Waals surface area contributed by atoms with E-state index >= 15 is 0 Å². The number of anilines is 1. The van der Waals surface area contributed by atoms with Crippen molar-refractivity contribution in [3.05, 3.63) is 64.7 Å². The van der Waals surface area contributed by atoms with Gasteiger partial charge < -0.3 is 5.73 Å². The van der Waals surface area contributed by atoms with Crippen molar-refractivity contribution in [2.24, 2.45) is 0 Å². The predicted octanol–water partition coefficient (Wildman–Crippen LogP) is 4.29. The van der Waals surface area contributed by atoms with Crippen molar-refractivity contribution in [3.8, 4) is 0 Å². The van der Waals surface area contributed by atoms with Crippen molar-refractivity contribution < 1.29 is 13.6 Å². The fourth-order valence-corrected chi connectivity index (χ4v) is 2.13. The summed E-state index contributed by atoms with van der Waals surface area (Å²) in [6, 6.07) is 8.66. The molecule has 0 amide bonds. The standard InChI is InChI=1S/C17H17F2NO/c1-3-10(2)11-4-6-12(7-5-11)17(21)14-8-13(18)9-15(20)16(14)19/h4-10H,3,20H2,1-2H3. The molecule has 21 heavy (non-hydrogen) atoms. The van der Waals surface area contributed by atoms with Gasteiger partial charge in [-0.05, 0) is 30.0 Å². The molecule has 0 heterocycles.